The van der Waals surface area contributed by atoms with E-state index < -0.39 is 0 Å². The maximum atomic E-state index is 3.99. The van der Waals surface area contributed by atoms with E-state index in [9.17, 15) is 0 Å². The van der Waals surface area contributed by atoms with Crippen molar-refractivity contribution in [2.75, 3.05) is 0 Å². The fourth-order valence-corrected chi connectivity index (χ4v) is 1.35. The maximum absolute atomic E-state index is 3.99. The van der Waals surface area contributed by atoms with E-state index in [1.165, 1.54) is 11.1 Å². The van der Waals surface area contributed by atoms with Gasteiger partial charge in [0, 0.05) is 0 Å². The van der Waals surface area contributed by atoms with Crippen molar-refractivity contribution in [3.63, 3.8) is 0 Å². The van der Waals surface area contributed by atoms with Gasteiger partial charge in [-0.25, -0.2) is 0 Å². The zero-order chi connectivity index (χ0) is 11.1. The highest BCUT2D eigenvalue weighted by atomic mass is 14.0. The number of hydrogen-bond donors (Lipinski definition) is 0. The summed E-state index contributed by atoms with van der Waals surface area (Å²) in [6.07, 6.45) is 7.78. The van der Waals surface area contributed by atoms with Crippen LogP contribution in [0.3, 0.4) is 0 Å². The third kappa shape index (κ3) is 4.46. The van der Waals surface area contributed by atoms with E-state index in [4.69, 9.17) is 0 Å². The van der Waals surface area contributed by atoms with E-state index in [0.717, 1.165) is 18.4 Å². The molecule has 0 heterocycles. The van der Waals surface area contributed by atoms with Crippen molar-refractivity contribution < 1.29 is 0 Å². The molecule has 0 bridgehead atoms. The molecule has 15 heavy (non-hydrogen) atoms. The van der Waals surface area contributed by atoms with Crippen LogP contribution in [-0.4, -0.2) is 0 Å². The molecule has 0 aliphatic carbocycles. The number of allylic oxidation sites excluding steroid dienone is 4. The number of aryl methyl sites for hydroxylation is 2. The highest BCUT2D eigenvalue weighted by Crippen LogP contribution is 2.10. The van der Waals surface area contributed by atoms with Crippen LogP contribution in [0, 0.1) is 6.92 Å². The van der Waals surface area contributed by atoms with E-state index in [0.29, 0.717) is 0 Å². The first-order valence-corrected chi connectivity index (χ1v) is 5.25. The van der Waals surface area contributed by atoms with Gasteiger partial charge in [0.25, 0.3) is 0 Å². The van der Waals surface area contributed by atoms with Crippen molar-refractivity contribution >= 4 is 0 Å². The van der Waals surface area contributed by atoms with Gasteiger partial charge in [-0.3, -0.25) is 0 Å². The molecule has 0 unspecified atom stereocenters. The van der Waals surface area contributed by atoms with E-state index in [1.807, 2.05) is 12.2 Å². The number of benzene rings is 1. The molecular weight excluding hydrogens is 180 g/mol. The second-order valence-corrected chi connectivity index (χ2v) is 3.74. The van der Waals surface area contributed by atoms with Crippen molar-refractivity contribution in [2.24, 2.45) is 0 Å². The summed E-state index contributed by atoms with van der Waals surface area (Å²) in [6, 6.07) is 8.66. The van der Waals surface area contributed by atoms with Gasteiger partial charge >= 0.3 is 0 Å². The largest absolute Gasteiger partial charge is 0.0991 e. The van der Waals surface area contributed by atoms with Gasteiger partial charge < -0.3 is 0 Å². The van der Waals surface area contributed by atoms with Gasteiger partial charge in [-0.05, 0) is 25.3 Å². The van der Waals surface area contributed by atoms with Gasteiger partial charge in [0.15, 0.2) is 0 Å². The summed E-state index contributed by atoms with van der Waals surface area (Å²) in [4.78, 5) is 0. The lowest BCUT2D eigenvalue weighted by Gasteiger charge is -2.01. The summed E-state index contributed by atoms with van der Waals surface area (Å²) in [5, 5.41) is 0. The molecule has 1 aromatic carbocycles. The fourth-order valence-electron chi connectivity index (χ4n) is 1.35. The standard InChI is InChI=1S/C15H18/c1-4-5-6-13(2)7-10-15-11-8-14(3)9-12-15/h4-6,8-9,11-12H,1-2,7,10H2,3H3/b6-5-. The molecule has 0 heteroatoms. The fraction of sp³-hybridized carbons (Fsp3) is 0.200. The normalized spacial score (nSPS) is 10.5. The number of hydrogen-bond acceptors (Lipinski definition) is 0. The molecule has 0 radical (unpaired) electrons. The Morgan fingerprint density at radius 1 is 1.27 bits per heavy atom. The molecular formula is C15H18. The van der Waals surface area contributed by atoms with Crippen molar-refractivity contribution in [3.8, 4) is 0 Å². The zero-order valence-electron chi connectivity index (χ0n) is 9.37. The summed E-state index contributed by atoms with van der Waals surface area (Å²) in [6.45, 7) is 9.73. The molecule has 0 spiro atoms. The Hall–Kier alpha value is -1.56. The lowest BCUT2D eigenvalue weighted by atomic mass is 10.0. The Bertz CT molecular complexity index is 352. The smallest absolute Gasteiger partial charge is 0.0238 e. The second-order valence-electron chi connectivity index (χ2n) is 3.74. The predicted molar refractivity (Wildman–Crippen MR) is 68.0 cm³/mol. The van der Waals surface area contributed by atoms with Crippen molar-refractivity contribution in [1.82, 2.24) is 0 Å². The van der Waals surface area contributed by atoms with Crippen LogP contribution in [-0.2, 0) is 6.42 Å². The van der Waals surface area contributed by atoms with Crippen LogP contribution in [0.1, 0.15) is 17.5 Å². The molecule has 1 rings (SSSR count). The molecule has 0 aromatic heterocycles. The van der Waals surface area contributed by atoms with Gasteiger partial charge in [-0.2, -0.15) is 0 Å². The minimum atomic E-state index is 1.01. The van der Waals surface area contributed by atoms with Crippen LogP contribution >= 0.6 is 0 Å². The van der Waals surface area contributed by atoms with Gasteiger partial charge in [0.2, 0.25) is 0 Å². The van der Waals surface area contributed by atoms with Gasteiger partial charge in [0.05, 0.1) is 0 Å². The summed E-state index contributed by atoms with van der Waals surface area (Å²) >= 11 is 0. The Morgan fingerprint density at radius 2 is 1.93 bits per heavy atom. The Balaban J connectivity index is 2.43. The van der Waals surface area contributed by atoms with Gasteiger partial charge in [-0.1, -0.05) is 66.8 Å². The molecule has 0 N–H and O–H groups in total. The molecule has 78 valence electrons. The first kappa shape index (κ1) is 11.5. The lowest BCUT2D eigenvalue weighted by molar-refractivity contribution is 0.968. The monoisotopic (exact) mass is 198 g/mol. The van der Waals surface area contributed by atoms with E-state index >= 15 is 0 Å². The van der Waals surface area contributed by atoms with E-state index in [-0.39, 0.29) is 0 Å². The highest BCUT2D eigenvalue weighted by Gasteiger charge is 1.93. The van der Waals surface area contributed by atoms with Crippen LogP contribution in [0.4, 0.5) is 0 Å². The van der Waals surface area contributed by atoms with Gasteiger partial charge in [-0.15, -0.1) is 0 Å². The molecule has 0 fully saturated rings. The first-order chi connectivity index (χ1) is 7.22. The molecule has 0 nitrogen and oxygen atoms in total. The van der Waals surface area contributed by atoms with Crippen LogP contribution in [0.2, 0.25) is 0 Å². The van der Waals surface area contributed by atoms with Crippen LogP contribution < -0.4 is 0 Å². The molecule has 0 saturated heterocycles. The van der Waals surface area contributed by atoms with Crippen LogP contribution in [0.15, 0.2) is 61.2 Å². The first-order valence-electron chi connectivity index (χ1n) is 5.25. The van der Waals surface area contributed by atoms with Crippen molar-refractivity contribution in [3.05, 3.63) is 72.4 Å². The molecule has 0 atom stereocenters. The number of rotatable bonds is 5. The Kier molecular flexibility index (Phi) is 4.62. The third-order valence-electron chi connectivity index (χ3n) is 2.32. The van der Waals surface area contributed by atoms with Crippen molar-refractivity contribution in [2.45, 2.75) is 19.8 Å². The third-order valence-corrected chi connectivity index (χ3v) is 2.32. The molecule has 0 aliphatic heterocycles. The molecule has 0 saturated carbocycles. The van der Waals surface area contributed by atoms with E-state index in [2.05, 4.69) is 44.3 Å². The SMILES string of the molecule is C=C/C=C\C(=C)CCc1ccc(C)cc1. The van der Waals surface area contributed by atoms with Crippen LogP contribution in [0.5, 0.6) is 0 Å². The molecule has 1 aromatic rings. The molecule has 0 amide bonds. The lowest BCUT2D eigenvalue weighted by Crippen LogP contribution is -1.86. The summed E-state index contributed by atoms with van der Waals surface area (Å²) < 4.78 is 0. The molecule has 0 aliphatic rings. The summed E-state index contributed by atoms with van der Waals surface area (Å²) in [5.74, 6) is 0. The summed E-state index contributed by atoms with van der Waals surface area (Å²) in [5.41, 5.74) is 3.83. The summed E-state index contributed by atoms with van der Waals surface area (Å²) in [7, 11) is 0. The average molecular weight is 198 g/mol. The zero-order valence-corrected chi connectivity index (χ0v) is 9.37. The average Bonchev–Trinajstić information content (AvgIpc) is 2.25. The Labute approximate surface area is 92.6 Å². The predicted octanol–water partition coefficient (Wildman–Crippen LogP) is 4.23. The topological polar surface area (TPSA) is 0 Å². The van der Waals surface area contributed by atoms with Crippen molar-refractivity contribution in [1.29, 1.82) is 0 Å². The van der Waals surface area contributed by atoms with E-state index in [1.54, 1.807) is 6.08 Å². The maximum Gasteiger partial charge on any atom is -0.0238 e. The highest BCUT2D eigenvalue weighted by molar-refractivity contribution is 5.24. The Morgan fingerprint density at radius 3 is 2.53 bits per heavy atom. The second kappa shape index (κ2) is 6.02. The quantitative estimate of drug-likeness (QED) is 0.621. The van der Waals surface area contributed by atoms with Gasteiger partial charge in [0.1, 0.15) is 0 Å². The van der Waals surface area contributed by atoms with Crippen LogP contribution in [0.25, 0.3) is 0 Å². The minimum Gasteiger partial charge on any atom is -0.0991 e. The minimum absolute atomic E-state index is 1.01.